The molecular formula is C12H13ClN2O5S. The number of carbonyl (C=O) groups excluding carboxylic acids is 1. The number of non-ortho nitro benzene ring substituents is 1. The van der Waals surface area contributed by atoms with E-state index in [-0.39, 0.29) is 27.8 Å². The van der Waals surface area contributed by atoms with Gasteiger partial charge >= 0.3 is 0 Å². The highest BCUT2D eigenvalue weighted by atomic mass is 35.5. The summed E-state index contributed by atoms with van der Waals surface area (Å²) >= 11 is 5.87. The lowest BCUT2D eigenvalue weighted by Gasteiger charge is -2.24. The van der Waals surface area contributed by atoms with Crippen LogP contribution in [-0.4, -0.2) is 36.3 Å². The number of benzene rings is 1. The number of halogens is 1. The van der Waals surface area contributed by atoms with Crippen LogP contribution in [0.2, 0.25) is 5.02 Å². The second-order valence-electron chi connectivity index (χ2n) is 5.28. The molecule has 1 aliphatic rings. The molecule has 1 aromatic carbocycles. The standard InChI is InChI=1S/C12H13ClN2O5S/c1-12(4-5-21(19,20)7-12)14-11(16)9-3-2-8(15(17)18)6-10(9)13/h2-3,6H,4-5,7H2,1H3,(H,14,16)/t12-/m0/s1. The summed E-state index contributed by atoms with van der Waals surface area (Å²) in [4.78, 5) is 22.2. The second kappa shape index (κ2) is 5.27. The summed E-state index contributed by atoms with van der Waals surface area (Å²) < 4.78 is 23.0. The fourth-order valence-electron chi connectivity index (χ4n) is 2.25. The van der Waals surface area contributed by atoms with Crippen LogP contribution in [0.3, 0.4) is 0 Å². The average Bonchev–Trinajstić information content (AvgIpc) is 2.62. The van der Waals surface area contributed by atoms with Crippen molar-refractivity contribution in [1.82, 2.24) is 5.32 Å². The monoisotopic (exact) mass is 332 g/mol. The minimum Gasteiger partial charge on any atom is -0.346 e. The number of nitrogens with zero attached hydrogens (tertiary/aromatic N) is 1. The number of rotatable bonds is 3. The van der Waals surface area contributed by atoms with E-state index in [1.807, 2.05) is 0 Å². The Labute approximate surface area is 126 Å². The van der Waals surface area contributed by atoms with Crippen LogP contribution in [0.15, 0.2) is 18.2 Å². The van der Waals surface area contributed by atoms with Crippen molar-refractivity contribution >= 4 is 33.0 Å². The molecule has 1 aromatic rings. The predicted octanol–water partition coefficient (Wildman–Crippen LogP) is 1.56. The topological polar surface area (TPSA) is 106 Å². The lowest BCUT2D eigenvalue weighted by Crippen LogP contribution is -2.47. The molecule has 1 saturated heterocycles. The first-order chi connectivity index (χ1) is 9.62. The number of hydrogen-bond acceptors (Lipinski definition) is 5. The van der Waals surface area contributed by atoms with Gasteiger partial charge in [0.15, 0.2) is 9.84 Å². The summed E-state index contributed by atoms with van der Waals surface area (Å²) in [5.41, 5.74) is -0.986. The highest BCUT2D eigenvalue weighted by Crippen LogP contribution is 2.26. The number of nitro benzene ring substituents is 1. The van der Waals surface area contributed by atoms with E-state index < -0.39 is 26.2 Å². The predicted molar refractivity (Wildman–Crippen MR) is 77.2 cm³/mol. The first-order valence-corrected chi connectivity index (χ1v) is 8.29. The maximum Gasteiger partial charge on any atom is 0.270 e. The van der Waals surface area contributed by atoms with Gasteiger partial charge in [-0.3, -0.25) is 14.9 Å². The van der Waals surface area contributed by atoms with Gasteiger partial charge in [-0.05, 0) is 19.4 Å². The van der Waals surface area contributed by atoms with Crippen molar-refractivity contribution in [2.24, 2.45) is 0 Å². The minimum absolute atomic E-state index is 0.0256. The first kappa shape index (κ1) is 15.7. The van der Waals surface area contributed by atoms with Gasteiger partial charge in [-0.2, -0.15) is 0 Å². The molecule has 1 fully saturated rings. The van der Waals surface area contributed by atoms with Gasteiger partial charge in [0.05, 0.1) is 32.6 Å². The molecule has 0 aliphatic carbocycles. The molecule has 1 aliphatic heterocycles. The maximum atomic E-state index is 12.2. The SMILES string of the molecule is C[C@]1(NC(=O)c2ccc([N+](=O)[O-])cc2Cl)CCS(=O)(=O)C1. The molecule has 1 atom stereocenters. The van der Waals surface area contributed by atoms with Gasteiger partial charge in [-0.25, -0.2) is 8.42 Å². The van der Waals surface area contributed by atoms with Gasteiger partial charge in [0.1, 0.15) is 0 Å². The number of hydrogen-bond donors (Lipinski definition) is 1. The Morgan fingerprint density at radius 3 is 2.62 bits per heavy atom. The zero-order valence-corrected chi connectivity index (χ0v) is 12.7. The van der Waals surface area contributed by atoms with Crippen molar-refractivity contribution in [3.63, 3.8) is 0 Å². The zero-order valence-electron chi connectivity index (χ0n) is 11.1. The molecule has 0 unspecified atom stereocenters. The highest BCUT2D eigenvalue weighted by molar-refractivity contribution is 7.91. The van der Waals surface area contributed by atoms with Gasteiger partial charge in [0.2, 0.25) is 0 Å². The summed E-state index contributed by atoms with van der Waals surface area (Å²) in [7, 11) is -3.15. The Balaban J connectivity index is 2.20. The van der Waals surface area contributed by atoms with E-state index in [0.717, 1.165) is 6.07 Å². The Morgan fingerprint density at radius 1 is 1.48 bits per heavy atom. The summed E-state index contributed by atoms with van der Waals surface area (Å²) in [6, 6.07) is 3.52. The lowest BCUT2D eigenvalue weighted by molar-refractivity contribution is -0.384. The van der Waals surface area contributed by atoms with Crippen LogP contribution in [0.1, 0.15) is 23.7 Å². The van der Waals surface area contributed by atoms with Crippen LogP contribution in [0, 0.1) is 10.1 Å². The van der Waals surface area contributed by atoms with Crippen molar-refractivity contribution in [2.45, 2.75) is 18.9 Å². The lowest BCUT2D eigenvalue weighted by atomic mass is 10.0. The van der Waals surface area contributed by atoms with E-state index in [2.05, 4.69) is 5.32 Å². The molecule has 1 heterocycles. The summed E-state index contributed by atoms with van der Waals surface area (Å²) in [5.74, 6) is -0.650. The van der Waals surface area contributed by atoms with Crippen LogP contribution in [-0.2, 0) is 9.84 Å². The third kappa shape index (κ3) is 3.51. The third-order valence-corrected chi connectivity index (χ3v) is 5.54. The summed E-state index contributed by atoms with van der Waals surface area (Å²) in [6.07, 6.45) is 0.325. The van der Waals surface area contributed by atoms with Crippen molar-refractivity contribution in [3.8, 4) is 0 Å². The Morgan fingerprint density at radius 2 is 2.14 bits per heavy atom. The fraction of sp³-hybridized carbons (Fsp3) is 0.417. The first-order valence-electron chi connectivity index (χ1n) is 6.09. The highest BCUT2D eigenvalue weighted by Gasteiger charge is 2.39. The quantitative estimate of drug-likeness (QED) is 0.667. The molecule has 114 valence electrons. The van der Waals surface area contributed by atoms with Gasteiger partial charge in [-0.1, -0.05) is 11.6 Å². The van der Waals surface area contributed by atoms with Gasteiger partial charge in [0, 0.05) is 12.1 Å². The number of carbonyl (C=O) groups is 1. The van der Waals surface area contributed by atoms with Crippen LogP contribution >= 0.6 is 11.6 Å². The Kier molecular flexibility index (Phi) is 3.94. The average molecular weight is 333 g/mol. The van der Waals surface area contributed by atoms with Crippen molar-refractivity contribution < 1.29 is 18.1 Å². The molecule has 2 rings (SSSR count). The van der Waals surface area contributed by atoms with Crippen molar-refractivity contribution in [3.05, 3.63) is 38.9 Å². The van der Waals surface area contributed by atoms with Gasteiger partial charge < -0.3 is 5.32 Å². The largest absolute Gasteiger partial charge is 0.346 e. The van der Waals surface area contributed by atoms with Gasteiger partial charge in [-0.15, -0.1) is 0 Å². The molecule has 0 radical (unpaired) electrons. The summed E-state index contributed by atoms with van der Waals surface area (Å²) in [6.45, 7) is 1.65. The number of nitrogens with one attached hydrogen (secondary N) is 1. The van der Waals surface area contributed by atoms with E-state index >= 15 is 0 Å². The van der Waals surface area contributed by atoms with Crippen LogP contribution < -0.4 is 5.32 Å². The fourth-order valence-corrected chi connectivity index (χ4v) is 4.61. The second-order valence-corrected chi connectivity index (χ2v) is 7.87. The molecule has 9 heteroatoms. The van der Waals surface area contributed by atoms with Crippen LogP contribution in [0.25, 0.3) is 0 Å². The molecule has 0 spiro atoms. The van der Waals surface area contributed by atoms with Crippen LogP contribution in [0.4, 0.5) is 5.69 Å². The molecule has 1 N–H and O–H groups in total. The molecule has 1 amide bonds. The Hall–Kier alpha value is -1.67. The van der Waals surface area contributed by atoms with E-state index in [9.17, 15) is 23.3 Å². The zero-order chi connectivity index (χ0) is 15.8. The number of amides is 1. The molecular weight excluding hydrogens is 320 g/mol. The van der Waals surface area contributed by atoms with Crippen molar-refractivity contribution in [2.75, 3.05) is 11.5 Å². The Bertz CT molecular complexity index is 718. The molecule has 0 aromatic heterocycles. The minimum atomic E-state index is -3.15. The molecule has 21 heavy (non-hydrogen) atoms. The van der Waals surface area contributed by atoms with Crippen molar-refractivity contribution in [1.29, 1.82) is 0 Å². The number of nitro groups is 1. The maximum absolute atomic E-state index is 12.2. The van der Waals surface area contributed by atoms with E-state index in [0.29, 0.717) is 6.42 Å². The van der Waals surface area contributed by atoms with E-state index in [1.54, 1.807) is 6.92 Å². The molecule has 0 bridgehead atoms. The van der Waals surface area contributed by atoms with Crippen LogP contribution in [0.5, 0.6) is 0 Å². The van der Waals surface area contributed by atoms with E-state index in [1.165, 1.54) is 12.1 Å². The normalized spacial score (nSPS) is 23.7. The van der Waals surface area contributed by atoms with Gasteiger partial charge in [0.25, 0.3) is 11.6 Å². The number of sulfone groups is 1. The van der Waals surface area contributed by atoms with E-state index in [4.69, 9.17) is 11.6 Å². The molecule has 7 nitrogen and oxygen atoms in total. The molecule has 0 saturated carbocycles. The third-order valence-electron chi connectivity index (χ3n) is 3.33. The smallest absolute Gasteiger partial charge is 0.270 e. The summed E-state index contributed by atoms with van der Waals surface area (Å²) in [5, 5.41) is 13.2.